The van der Waals surface area contributed by atoms with E-state index in [0.717, 1.165) is 26.1 Å². The molecular formula is C11H18N2OS. The van der Waals surface area contributed by atoms with Crippen molar-refractivity contribution in [2.75, 3.05) is 26.7 Å². The second-order valence-corrected chi connectivity index (χ2v) is 4.77. The molecule has 0 bridgehead atoms. The fraction of sp³-hybridized carbons (Fsp3) is 0.636. The van der Waals surface area contributed by atoms with Gasteiger partial charge in [0.2, 0.25) is 0 Å². The number of hydrogen-bond acceptors (Lipinski definition) is 4. The molecule has 1 saturated heterocycles. The second-order valence-electron chi connectivity index (χ2n) is 3.79. The maximum atomic E-state index is 5.71. The highest BCUT2D eigenvalue weighted by molar-refractivity contribution is 7.10. The Balaban J connectivity index is 1.90. The Morgan fingerprint density at radius 3 is 3.27 bits per heavy atom. The molecule has 15 heavy (non-hydrogen) atoms. The van der Waals surface area contributed by atoms with Crippen molar-refractivity contribution in [2.45, 2.75) is 18.6 Å². The van der Waals surface area contributed by atoms with Gasteiger partial charge in [-0.2, -0.15) is 0 Å². The average Bonchev–Trinajstić information content (AvgIpc) is 2.81. The van der Waals surface area contributed by atoms with Gasteiger partial charge < -0.3 is 15.4 Å². The largest absolute Gasteiger partial charge is 0.376 e. The Morgan fingerprint density at radius 1 is 1.73 bits per heavy atom. The predicted octanol–water partition coefficient (Wildman–Crippen LogP) is 1.39. The maximum absolute atomic E-state index is 5.71. The molecule has 84 valence electrons. The standard InChI is InChI=1S/C11H18N2OS/c1-12-10(11-3-2-6-15-11)7-9-8-13-4-5-14-9/h2-3,6,9-10,12-13H,4-5,7-8H2,1H3. The van der Waals surface area contributed by atoms with Crippen LogP contribution >= 0.6 is 11.3 Å². The zero-order valence-corrected chi connectivity index (χ0v) is 9.85. The number of rotatable bonds is 4. The molecule has 3 nitrogen and oxygen atoms in total. The lowest BCUT2D eigenvalue weighted by Gasteiger charge is -2.27. The van der Waals surface area contributed by atoms with Gasteiger partial charge in [0.05, 0.1) is 12.7 Å². The van der Waals surface area contributed by atoms with E-state index in [0.29, 0.717) is 12.1 Å². The van der Waals surface area contributed by atoms with Crippen LogP contribution in [0.2, 0.25) is 0 Å². The summed E-state index contributed by atoms with van der Waals surface area (Å²) in [6.07, 6.45) is 1.39. The lowest BCUT2D eigenvalue weighted by molar-refractivity contribution is 0.0178. The number of thiophene rings is 1. The van der Waals surface area contributed by atoms with E-state index in [4.69, 9.17) is 4.74 Å². The van der Waals surface area contributed by atoms with E-state index in [1.54, 1.807) is 11.3 Å². The first kappa shape index (κ1) is 11.1. The van der Waals surface area contributed by atoms with Gasteiger partial charge in [-0.25, -0.2) is 0 Å². The topological polar surface area (TPSA) is 33.3 Å². The normalized spacial score (nSPS) is 23.9. The van der Waals surface area contributed by atoms with Crippen LogP contribution in [0.25, 0.3) is 0 Å². The highest BCUT2D eigenvalue weighted by Gasteiger charge is 2.19. The van der Waals surface area contributed by atoms with Gasteiger partial charge in [0.25, 0.3) is 0 Å². The summed E-state index contributed by atoms with van der Waals surface area (Å²) in [4.78, 5) is 1.40. The van der Waals surface area contributed by atoms with E-state index in [1.807, 2.05) is 7.05 Å². The summed E-state index contributed by atoms with van der Waals surface area (Å²) in [7, 11) is 2.01. The maximum Gasteiger partial charge on any atom is 0.0718 e. The summed E-state index contributed by atoms with van der Waals surface area (Å²) in [5.41, 5.74) is 0. The molecule has 2 N–H and O–H groups in total. The molecule has 2 heterocycles. The van der Waals surface area contributed by atoms with Crippen molar-refractivity contribution < 1.29 is 4.74 Å². The minimum atomic E-state index is 0.346. The SMILES string of the molecule is CNC(CC1CNCCO1)c1cccs1. The zero-order valence-electron chi connectivity index (χ0n) is 9.03. The number of nitrogens with one attached hydrogen (secondary N) is 2. The molecule has 0 saturated carbocycles. The summed E-state index contributed by atoms with van der Waals surface area (Å²) in [6.45, 7) is 2.80. The van der Waals surface area contributed by atoms with Crippen molar-refractivity contribution in [2.24, 2.45) is 0 Å². The van der Waals surface area contributed by atoms with Gasteiger partial charge in [0, 0.05) is 24.0 Å². The molecule has 0 radical (unpaired) electrons. The molecule has 2 atom stereocenters. The monoisotopic (exact) mass is 226 g/mol. The summed E-state index contributed by atoms with van der Waals surface area (Å²) >= 11 is 1.81. The number of morpholine rings is 1. The molecule has 2 rings (SSSR count). The Bertz CT molecular complexity index is 270. The van der Waals surface area contributed by atoms with E-state index in [9.17, 15) is 0 Å². The molecule has 2 unspecified atom stereocenters. The van der Waals surface area contributed by atoms with Gasteiger partial charge >= 0.3 is 0 Å². The average molecular weight is 226 g/mol. The van der Waals surface area contributed by atoms with E-state index in [2.05, 4.69) is 28.1 Å². The van der Waals surface area contributed by atoms with Crippen molar-refractivity contribution >= 4 is 11.3 Å². The van der Waals surface area contributed by atoms with Gasteiger partial charge in [-0.1, -0.05) is 6.07 Å². The van der Waals surface area contributed by atoms with Crippen LogP contribution in [0.1, 0.15) is 17.3 Å². The third kappa shape index (κ3) is 3.01. The summed E-state index contributed by atoms with van der Waals surface area (Å²) < 4.78 is 5.71. The quantitative estimate of drug-likeness (QED) is 0.814. The Labute approximate surface area is 94.8 Å². The minimum absolute atomic E-state index is 0.346. The van der Waals surface area contributed by atoms with Crippen molar-refractivity contribution in [1.29, 1.82) is 0 Å². The number of hydrogen-bond donors (Lipinski definition) is 2. The van der Waals surface area contributed by atoms with E-state index in [-0.39, 0.29) is 0 Å². The van der Waals surface area contributed by atoms with Crippen LogP contribution in [0.3, 0.4) is 0 Å². The predicted molar refractivity (Wildman–Crippen MR) is 63.3 cm³/mol. The van der Waals surface area contributed by atoms with Crippen LogP contribution in [0.15, 0.2) is 17.5 Å². The van der Waals surface area contributed by atoms with Crippen molar-refractivity contribution in [1.82, 2.24) is 10.6 Å². The molecule has 0 aromatic carbocycles. The summed E-state index contributed by atoms with van der Waals surface area (Å²) in [6, 6.07) is 4.71. The Morgan fingerprint density at radius 2 is 2.67 bits per heavy atom. The van der Waals surface area contributed by atoms with Gasteiger partial charge in [-0.15, -0.1) is 11.3 Å². The lowest BCUT2D eigenvalue weighted by Crippen LogP contribution is -2.40. The van der Waals surface area contributed by atoms with Crippen molar-refractivity contribution in [3.05, 3.63) is 22.4 Å². The van der Waals surface area contributed by atoms with Crippen molar-refractivity contribution in [3.8, 4) is 0 Å². The first-order chi connectivity index (χ1) is 7.40. The summed E-state index contributed by atoms with van der Waals surface area (Å²) in [5.74, 6) is 0. The Hall–Kier alpha value is -0.420. The van der Waals surface area contributed by atoms with Crippen LogP contribution in [0, 0.1) is 0 Å². The molecule has 1 aliphatic heterocycles. The van der Waals surface area contributed by atoms with Crippen LogP contribution in [0.5, 0.6) is 0 Å². The summed E-state index contributed by atoms with van der Waals surface area (Å²) in [5, 5.41) is 8.84. The third-order valence-electron chi connectivity index (χ3n) is 2.74. The van der Waals surface area contributed by atoms with E-state index in [1.165, 1.54) is 4.88 Å². The molecule has 0 aliphatic carbocycles. The molecule has 4 heteroatoms. The third-order valence-corrected chi connectivity index (χ3v) is 3.72. The first-order valence-electron chi connectivity index (χ1n) is 5.43. The van der Waals surface area contributed by atoms with Gasteiger partial charge in [-0.05, 0) is 24.9 Å². The zero-order chi connectivity index (χ0) is 10.5. The van der Waals surface area contributed by atoms with Crippen LogP contribution in [-0.2, 0) is 4.74 Å². The van der Waals surface area contributed by atoms with Crippen LogP contribution < -0.4 is 10.6 Å². The molecular weight excluding hydrogens is 208 g/mol. The van der Waals surface area contributed by atoms with E-state index < -0.39 is 0 Å². The molecule has 0 spiro atoms. The smallest absolute Gasteiger partial charge is 0.0718 e. The van der Waals surface area contributed by atoms with Gasteiger partial charge in [-0.3, -0.25) is 0 Å². The highest BCUT2D eigenvalue weighted by Crippen LogP contribution is 2.24. The van der Waals surface area contributed by atoms with Gasteiger partial charge in [0.1, 0.15) is 0 Å². The van der Waals surface area contributed by atoms with Crippen molar-refractivity contribution in [3.63, 3.8) is 0 Å². The molecule has 0 amide bonds. The second kappa shape index (κ2) is 5.61. The lowest BCUT2D eigenvalue weighted by atomic mass is 10.1. The molecule has 1 aromatic rings. The highest BCUT2D eigenvalue weighted by atomic mass is 32.1. The fourth-order valence-electron chi connectivity index (χ4n) is 1.90. The number of ether oxygens (including phenoxy) is 1. The molecule has 1 aromatic heterocycles. The molecule has 1 aliphatic rings. The van der Waals surface area contributed by atoms with Crippen LogP contribution in [-0.4, -0.2) is 32.8 Å². The Kier molecular flexibility index (Phi) is 4.14. The molecule has 1 fully saturated rings. The minimum Gasteiger partial charge on any atom is -0.376 e. The van der Waals surface area contributed by atoms with Crippen LogP contribution in [0.4, 0.5) is 0 Å². The van der Waals surface area contributed by atoms with E-state index >= 15 is 0 Å². The fourth-order valence-corrected chi connectivity index (χ4v) is 2.75. The first-order valence-corrected chi connectivity index (χ1v) is 6.31. The van der Waals surface area contributed by atoms with Gasteiger partial charge in [0.15, 0.2) is 0 Å².